The number of fused-ring (bicyclic) bond motifs is 1. The minimum absolute atomic E-state index is 0.0237. The molecule has 0 saturated heterocycles. The van der Waals surface area contributed by atoms with Crippen molar-refractivity contribution in [1.82, 2.24) is 5.32 Å². The standard InChI is InChI=1S/C16H25NO/c1-4-11-16(5-2)12-14(17-6-3)13-9-7-8-10-15(13)18-16/h7-10,14,17H,4-6,11-12H2,1-3H3. The molecule has 2 nitrogen and oxygen atoms in total. The first-order valence-corrected chi connectivity index (χ1v) is 7.26. The Hall–Kier alpha value is -1.02. The molecule has 0 fully saturated rings. The van der Waals surface area contributed by atoms with Crippen LogP contribution >= 0.6 is 0 Å². The van der Waals surface area contributed by atoms with E-state index in [1.807, 2.05) is 0 Å². The van der Waals surface area contributed by atoms with Crippen molar-refractivity contribution in [1.29, 1.82) is 0 Å². The molecule has 1 heterocycles. The molecular weight excluding hydrogens is 222 g/mol. The monoisotopic (exact) mass is 247 g/mol. The average molecular weight is 247 g/mol. The van der Waals surface area contributed by atoms with Gasteiger partial charge in [0.15, 0.2) is 0 Å². The second-order valence-electron chi connectivity index (χ2n) is 5.24. The number of hydrogen-bond acceptors (Lipinski definition) is 2. The molecule has 1 aromatic rings. The summed E-state index contributed by atoms with van der Waals surface area (Å²) in [5, 5.41) is 3.61. The maximum atomic E-state index is 6.35. The Labute approximate surface area is 111 Å². The van der Waals surface area contributed by atoms with Gasteiger partial charge in [0.05, 0.1) is 0 Å². The van der Waals surface area contributed by atoms with Gasteiger partial charge in [-0.3, -0.25) is 0 Å². The van der Waals surface area contributed by atoms with Crippen LogP contribution in [0, 0.1) is 0 Å². The van der Waals surface area contributed by atoms with Gasteiger partial charge in [0.2, 0.25) is 0 Å². The molecule has 0 radical (unpaired) electrons. The lowest BCUT2D eigenvalue weighted by Crippen LogP contribution is -2.43. The zero-order valence-electron chi connectivity index (χ0n) is 11.8. The Bertz CT molecular complexity index is 390. The number of nitrogens with one attached hydrogen (secondary N) is 1. The number of benzene rings is 1. The molecule has 0 aromatic heterocycles. The van der Waals surface area contributed by atoms with Gasteiger partial charge < -0.3 is 10.1 Å². The van der Waals surface area contributed by atoms with Gasteiger partial charge in [-0.15, -0.1) is 0 Å². The summed E-state index contributed by atoms with van der Waals surface area (Å²) in [5.41, 5.74) is 1.34. The van der Waals surface area contributed by atoms with Gasteiger partial charge >= 0.3 is 0 Å². The topological polar surface area (TPSA) is 21.3 Å². The molecule has 0 bridgehead atoms. The smallest absolute Gasteiger partial charge is 0.124 e. The minimum atomic E-state index is 0.0237. The molecule has 2 heteroatoms. The Morgan fingerprint density at radius 3 is 2.72 bits per heavy atom. The van der Waals surface area contributed by atoms with E-state index in [1.54, 1.807) is 0 Å². The zero-order chi connectivity index (χ0) is 13.0. The molecule has 1 aliphatic rings. The SMILES string of the molecule is CCCC1(CC)CC(NCC)c2ccccc2O1. The molecule has 0 saturated carbocycles. The molecule has 1 aliphatic heterocycles. The average Bonchev–Trinajstić information content (AvgIpc) is 2.39. The summed E-state index contributed by atoms with van der Waals surface area (Å²) in [7, 11) is 0. The van der Waals surface area contributed by atoms with Crippen molar-refractivity contribution < 1.29 is 4.74 Å². The normalized spacial score (nSPS) is 26.5. The van der Waals surface area contributed by atoms with Crippen LogP contribution in [0.1, 0.15) is 58.1 Å². The Kier molecular flexibility index (Phi) is 4.28. The van der Waals surface area contributed by atoms with Crippen molar-refractivity contribution in [3.63, 3.8) is 0 Å². The zero-order valence-corrected chi connectivity index (χ0v) is 11.8. The summed E-state index contributed by atoms with van der Waals surface area (Å²) < 4.78 is 6.35. The Morgan fingerprint density at radius 1 is 1.28 bits per heavy atom. The molecule has 0 spiro atoms. The van der Waals surface area contributed by atoms with Crippen molar-refractivity contribution in [3.8, 4) is 5.75 Å². The van der Waals surface area contributed by atoms with Gasteiger partial charge in [0.25, 0.3) is 0 Å². The molecule has 0 aliphatic carbocycles. The molecule has 1 aromatic carbocycles. The summed E-state index contributed by atoms with van der Waals surface area (Å²) in [4.78, 5) is 0. The third kappa shape index (κ3) is 2.54. The first kappa shape index (κ1) is 13.4. The van der Waals surface area contributed by atoms with E-state index in [0.29, 0.717) is 6.04 Å². The summed E-state index contributed by atoms with van der Waals surface area (Å²) in [5.74, 6) is 1.07. The summed E-state index contributed by atoms with van der Waals surface area (Å²) in [6, 6.07) is 8.91. The fourth-order valence-corrected chi connectivity index (χ4v) is 3.05. The number of ether oxygens (including phenoxy) is 1. The minimum Gasteiger partial charge on any atom is -0.487 e. The van der Waals surface area contributed by atoms with Gasteiger partial charge in [-0.1, -0.05) is 45.4 Å². The van der Waals surface area contributed by atoms with Crippen LogP contribution in [-0.4, -0.2) is 12.1 Å². The van der Waals surface area contributed by atoms with Crippen molar-refractivity contribution in [2.75, 3.05) is 6.54 Å². The second kappa shape index (κ2) is 5.75. The fraction of sp³-hybridized carbons (Fsp3) is 0.625. The maximum absolute atomic E-state index is 6.35. The number of para-hydroxylation sites is 1. The van der Waals surface area contributed by atoms with Crippen LogP contribution in [0.15, 0.2) is 24.3 Å². The predicted molar refractivity (Wildman–Crippen MR) is 76.0 cm³/mol. The van der Waals surface area contributed by atoms with Crippen LogP contribution in [0.25, 0.3) is 0 Å². The first-order valence-electron chi connectivity index (χ1n) is 7.26. The van der Waals surface area contributed by atoms with E-state index in [4.69, 9.17) is 4.74 Å². The van der Waals surface area contributed by atoms with E-state index in [0.717, 1.165) is 31.6 Å². The van der Waals surface area contributed by atoms with E-state index < -0.39 is 0 Å². The van der Waals surface area contributed by atoms with E-state index in [1.165, 1.54) is 12.0 Å². The molecule has 100 valence electrons. The molecule has 0 amide bonds. The van der Waals surface area contributed by atoms with E-state index in [2.05, 4.69) is 50.4 Å². The predicted octanol–water partition coefficient (Wildman–Crippen LogP) is 4.07. The van der Waals surface area contributed by atoms with Gasteiger partial charge in [0, 0.05) is 18.0 Å². The van der Waals surface area contributed by atoms with Crippen molar-refractivity contribution in [3.05, 3.63) is 29.8 Å². The van der Waals surface area contributed by atoms with Crippen LogP contribution in [0.3, 0.4) is 0 Å². The summed E-state index contributed by atoms with van der Waals surface area (Å²) >= 11 is 0. The lowest BCUT2D eigenvalue weighted by atomic mass is 9.82. The Morgan fingerprint density at radius 2 is 2.06 bits per heavy atom. The Balaban J connectivity index is 2.32. The number of rotatable bonds is 5. The molecule has 18 heavy (non-hydrogen) atoms. The third-order valence-electron chi connectivity index (χ3n) is 4.00. The summed E-state index contributed by atoms with van der Waals surface area (Å²) in [6.07, 6.45) is 4.48. The van der Waals surface area contributed by atoms with Crippen LogP contribution in [0.2, 0.25) is 0 Å². The summed E-state index contributed by atoms with van der Waals surface area (Å²) in [6.45, 7) is 7.66. The van der Waals surface area contributed by atoms with E-state index in [9.17, 15) is 0 Å². The highest BCUT2D eigenvalue weighted by Gasteiger charge is 2.38. The largest absolute Gasteiger partial charge is 0.487 e. The molecule has 2 unspecified atom stereocenters. The third-order valence-corrected chi connectivity index (χ3v) is 4.00. The van der Waals surface area contributed by atoms with Crippen LogP contribution in [0.4, 0.5) is 0 Å². The quantitative estimate of drug-likeness (QED) is 0.847. The second-order valence-corrected chi connectivity index (χ2v) is 5.24. The highest BCUT2D eigenvalue weighted by Crippen LogP contribution is 2.43. The van der Waals surface area contributed by atoms with Gasteiger partial charge in [-0.2, -0.15) is 0 Å². The van der Waals surface area contributed by atoms with Crippen LogP contribution in [-0.2, 0) is 0 Å². The maximum Gasteiger partial charge on any atom is 0.124 e. The highest BCUT2D eigenvalue weighted by atomic mass is 16.5. The van der Waals surface area contributed by atoms with Crippen molar-refractivity contribution in [2.24, 2.45) is 0 Å². The van der Waals surface area contributed by atoms with E-state index >= 15 is 0 Å². The molecular formula is C16H25NO. The van der Waals surface area contributed by atoms with Crippen LogP contribution in [0.5, 0.6) is 5.75 Å². The van der Waals surface area contributed by atoms with Gasteiger partial charge in [-0.25, -0.2) is 0 Å². The lowest BCUT2D eigenvalue weighted by Gasteiger charge is -2.42. The van der Waals surface area contributed by atoms with Crippen molar-refractivity contribution >= 4 is 0 Å². The van der Waals surface area contributed by atoms with Crippen molar-refractivity contribution in [2.45, 2.75) is 58.1 Å². The lowest BCUT2D eigenvalue weighted by molar-refractivity contribution is 0.0180. The molecule has 2 rings (SSSR count). The number of hydrogen-bond donors (Lipinski definition) is 1. The van der Waals surface area contributed by atoms with Crippen LogP contribution < -0.4 is 10.1 Å². The van der Waals surface area contributed by atoms with Gasteiger partial charge in [-0.05, 0) is 25.5 Å². The fourth-order valence-electron chi connectivity index (χ4n) is 3.05. The highest BCUT2D eigenvalue weighted by molar-refractivity contribution is 5.38. The molecule has 2 atom stereocenters. The van der Waals surface area contributed by atoms with Gasteiger partial charge in [0.1, 0.15) is 11.4 Å². The molecule has 1 N–H and O–H groups in total. The first-order chi connectivity index (χ1) is 8.74. The van der Waals surface area contributed by atoms with E-state index in [-0.39, 0.29) is 5.60 Å².